The Kier molecular flexibility index (Phi) is 3.35. The van der Waals surface area contributed by atoms with E-state index in [9.17, 15) is 0 Å². The van der Waals surface area contributed by atoms with E-state index >= 15 is 0 Å². The lowest BCUT2D eigenvalue weighted by molar-refractivity contribution is 0.568. The fraction of sp³-hybridized carbons (Fsp3) is 0.385. The lowest BCUT2D eigenvalue weighted by atomic mass is 10.0. The molecule has 0 saturated heterocycles. The molecular formula is C13H13BrN2OS. The summed E-state index contributed by atoms with van der Waals surface area (Å²) in [6, 6.07) is 1.89. The Labute approximate surface area is 119 Å². The molecule has 0 atom stereocenters. The largest absolute Gasteiger partial charge is 0.472 e. The topological polar surface area (TPSA) is 41.8 Å². The second-order valence-corrected chi connectivity index (χ2v) is 5.79. The first-order valence-corrected chi connectivity index (χ1v) is 7.28. The van der Waals surface area contributed by atoms with Gasteiger partial charge < -0.3 is 9.40 Å². The minimum atomic E-state index is 0.565. The van der Waals surface area contributed by atoms with Crippen molar-refractivity contribution in [3.63, 3.8) is 0 Å². The fourth-order valence-electron chi connectivity index (χ4n) is 2.51. The van der Waals surface area contributed by atoms with Crippen LogP contribution in [0.5, 0.6) is 0 Å². The molecule has 3 nitrogen and oxygen atoms in total. The lowest BCUT2D eigenvalue weighted by Gasteiger charge is -2.13. The third-order valence-corrected chi connectivity index (χ3v) is 4.81. The van der Waals surface area contributed by atoms with E-state index in [2.05, 4.69) is 25.9 Å². The molecule has 2 heterocycles. The van der Waals surface area contributed by atoms with Gasteiger partial charge in [0.25, 0.3) is 0 Å². The van der Waals surface area contributed by atoms with Crippen LogP contribution in [0.25, 0.3) is 11.4 Å². The summed E-state index contributed by atoms with van der Waals surface area (Å²) in [5.74, 6) is 1.36. The standard InChI is InChI=1S/C13H13BrN2OS/c14-10-11(8-3-1-2-4-8)15-12(16-13(10)18)9-5-6-17-7-9/h5-8H,1-4H2,(H,15,16,18). The van der Waals surface area contributed by atoms with Crippen molar-refractivity contribution in [3.8, 4) is 11.4 Å². The first-order valence-electron chi connectivity index (χ1n) is 6.08. The van der Waals surface area contributed by atoms with Crippen LogP contribution in [0.15, 0.2) is 27.5 Å². The fourth-order valence-corrected chi connectivity index (χ4v) is 3.22. The highest BCUT2D eigenvalue weighted by Gasteiger charge is 2.21. The third kappa shape index (κ3) is 2.17. The molecule has 0 spiro atoms. The second-order valence-electron chi connectivity index (χ2n) is 4.61. The summed E-state index contributed by atoms with van der Waals surface area (Å²) in [4.78, 5) is 7.81. The van der Waals surface area contributed by atoms with Gasteiger partial charge >= 0.3 is 0 Å². The minimum Gasteiger partial charge on any atom is -0.472 e. The molecular weight excluding hydrogens is 312 g/mol. The van der Waals surface area contributed by atoms with E-state index in [1.165, 1.54) is 31.4 Å². The molecule has 18 heavy (non-hydrogen) atoms. The quantitative estimate of drug-likeness (QED) is 0.805. The average molecular weight is 325 g/mol. The SMILES string of the molecule is S=c1nc(-c2ccoc2)[nH]c(C2CCCC2)c1Br. The van der Waals surface area contributed by atoms with Gasteiger partial charge in [-0.25, -0.2) is 4.98 Å². The van der Waals surface area contributed by atoms with Gasteiger partial charge in [0, 0.05) is 11.6 Å². The van der Waals surface area contributed by atoms with E-state index in [1.807, 2.05) is 6.07 Å². The van der Waals surface area contributed by atoms with E-state index in [0.29, 0.717) is 10.6 Å². The molecule has 1 N–H and O–H groups in total. The third-order valence-electron chi connectivity index (χ3n) is 3.45. The molecule has 1 saturated carbocycles. The number of nitrogens with zero attached hydrogens (tertiary/aromatic N) is 1. The first kappa shape index (κ1) is 12.1. The Morgan fingerprint density at radius 3 is 2.83 bits per heavy atom. The van der Waals surface area contributed by atoms with Crippen molar-refractivity contribution in [1.29, 1.82) is 0 Å². The Balaban J connectivity index is 2.10. The van der Waals surface area contributed by atoms with Crippen molar-refractivity contribution >= 4 is 28.1 Å². The van der Waals surface area contributed by atoms with Crippen molar-refractivity contribution in [2.75, 3.05) is 0 Å². The van der Waals surface area contributed by atoms with E-state index < -0.39 is 0 Å². The number of nitrogens with one attached hydrogen (secondary N) is 1. The number of aromatic amines is 1. The van der Waals surface area contributed by atoms with Crippen molar-refractivity contribution in [2.45, 2.75) is 31.6 Å². The van der Waals surface area contributed by atoms with Crippen LogP contribution in [0, 0.1) is 4.64 Å². The lowest BCUT2D eigenvalue weighted by Crippen LogP contribution is -2.02. The van der Waals surface area contributed by atoms with Crippen LogP contribution in [0.1, 0.15) is 37.3 Å². The molecule has 0 aliphatic heterocycles. The smallest absolute Gasteiger partial charge is 0.144 e. The molecule has 0 radical (unpaired) electrons. The predicted octanol–water partition coefficient (Wildman–Crippen LogP) is 4.82. The van der Waals surface area contributed by atoms with Crippen LogP contribution >= 0.6 is 28.1 Å². The predicted molar refractivity (Wildman–Crippen MR) is 76.0 cm³/mol. The van der Waals surface area contributed by atoms with Gasteiger partial charge in [0.15, 0.2) is 0 Å². The van der Waals surface area contributed by atoms with Crippen LogP contribution < -0.4 is 0 Å². The number of hydrogen-bond acceptors (Lipinski definition) is 3. The number of halogens is 1. The maximum atomic E-state index is 5.33. The Hall–Kier alpha value is -0.940. The van der Waals surface area contributed by atoms with Gasteiger partial charge in [0.05, 0.1) is 16.3 Å². The molecule has 2 aromatic heterocycles. The van der Waals surface area contributed by atoms with E-state index in [0.717, 1.165) is 15.9 Å². The first-order chi connectivity index (χ1) is 8.75. The van der Waals surface area contributed by atoms with Gasteiger partial charge in [-0.15, -0.1) is 0 Å². The van der Waals surface area contributed by atoms with Crippen molar-refractivity contribution in [2.24, 2.45) is 0 Å². The minimum absolute atomic E-state index is 0.565. The molecule has 1 fully saturated rings. The highest BCUT2D eigenvalue weighted by atomic mass is 79.9. The van der Waals surface area contributed by atoms with Crippen LogP contribution in [0.4, 0.5) is 0 Å². The number of rotatable bonds is 2. The van der Waals surface area contributed by atoms with Crippen LogP contribution in [0.3, 0.4) is 0 Å². The van der Waals surface area contributed by atoms with Gasteiger partial charge in [-0.1, -0.05) is 25.1 Å². The van der Waals surface area contributed by atoms with Gasteiger partial charge in [-0.3, -0.25) is 0 Å². The molecule has 0 amide bonds. The second kappa shape index (κ2) is 4.97. The average Bonchev–Trinajstić information content (AvgIpc) is 3.03. The number of hydrogen-bond donors (Lipinski definition) is 1. The summed E-state index contributed by atoms with van der Waals surface area (Å²) >= 11 is 8.90. The molecule has 5 heteroatoms. The highest BCUT2D eigenvalue weighted by Crippen LogP contribution is 2.37. The van der Waals surface area contributed by atoms with Crippen LogP contribution in [-0.4, -0.2) is 9.97 Å². The summed E-state index contributed by atoms with van der Waals surface area (Å²) in [6.07, 6.45) is 8.35. The zero-order valence-corrected chi connectivity index (χ0v) is 12.2. The highest BCUT2D eigenvalue weighted by molar-refractivity contribution is 9.10. The summed E-state index contributed by atoms with van der Waals surface area (Å²) in [6.45, 7) is 0. The van der Waals surface area contributed by atoms with Crippen LogP contribution in [0.2, 0.25) is 0 Å². The Bertz CT molecular complexity index is 600. The molecule has 2 aromatic rings. The van der Waals surface area contributed by atoms with Crippen molar-refractivity contribution in [1.82, 2.24) is 9.97 Å². The van der Waals surface area contributed by atoms with Gasteiger partial charge in [-0.2, -0.15) is 0 Å². The van der Waals surface area contributed by atoms with E-state index in [-0.39, 0.29) is 0 Å². The Morgan fingerprint density at radius 1 is 1.39 bits per heavy atom. The molecule has 3 rings (SSSR count). The number of H-pyrrole nitrogens is 1. The zero-order valence-electron chi connectivity index (χ0n) is 9.78. The van der Waals surface area contributed by atoms with Crippen LogP contribution in [-0.2, 0) is 0 Å². The van der Waals surface area contributed by atoms with Gasteiger partial charge in [0.1, 0.15) is 16.7 Å². The van der Waals surface area contributed by atoms with Crippen molar-refractivity contribution in [3.05, 3.63) is 33.4 Å². The molecule has 1 aliphatic carbocycles. The summed E-state index contributed by atoms with van der Waals surface area (Å²) in [5.41, 5.74) is 2.12. The van der Waals surface area contributed by atoms with Gasteiger partial charge in [-0.05, 0) is 34.8 Å². The number of furan rings is 1. The summed E-state index contributed by atoms with van der Waals surface area (Å²) in [5, 5.41) is 0. The zero-order chi connectivity index (χ0) is 12.5. The Morgan fingerprint density at radius 2 is 2.17 bits per heavy atom. The van der Waals surface area contributed by atoms with Crippen molar-refractivity contribution < 1.29 is 4.42 Å². The summed E-state index contributed by atoms with van der Waals surface area (Å²) in [7, 11) is 0. The monoisotopic (exact) mass is 324 g/mol. The van der Waals surface area contributed by atoms with Gasteiger partial charge in [0.2, 0.25) is 0 Å². The van der Waals surface area contributed by atoms with E-state index in [4.69, 9.17) is 16.6 Å². The molecule has 0 bridgehead atoms. The number of aromatic nitrogens is 2. The normalized spacial score (nSPS) is 16.3. The molecule has 94 valence electrons. The molecule has 0 unspecified atom stereocenters. The molecule has 0 aromatic carbocycles. The maximum Gasteiger partial charge on any atom is 0.144 e. The molecule has 1 aliphatic rings. The maximum absolute atomic E-state index is 5.33. The summed E-state index contributed by atoms with van der Waals surface area (Å²) < 4.78 is 6.66. The van der Waals surface area contributed by atoms with E-state index in [1.54, 1.807) is 12.5 Å².